The molecule has 5 aromatic rings. The molecule has 0 saturated carbocycles. The number of aromatic amines is 1. The Morgan fingerprint density at radius 3 is 2.55 bits per heavy atom. The molecule has 0 aromatic carbocycles. The molecule has 13 nitrogen and oxygen atoms in total. The zero-order chi connectivity index (χ0) is 26.2. The lowest BCUT2D eigenvalue weighted by molar-refractivity contribution is 0.0699. The molecular weight excluding hydrogens is 486 g/mol. The van der Waals surface area contributed by atoms with E-state index in [-0.39, 0.29) is 29.3 Å². The Morgan fingerprint density at radius 1 is 1.05 bits per heavy atom. The van der Waals surface area contributed by atoms with Crippen LogP contribution in [-0.2, 0) is 0 Å². The zero-order valence-electron chi connectivity index (χ0n) is 20.4. The predicted octanol–water partition coefficient (Wildman–Crippen LogP) is 2.17. The third-order valence-corrected chi connectivity index (χ3v) is 6.75. The quantitative estimate of drug-likeness (QED) is 0.334. The minimum atomic E-state index is -0.203. The molecule has 0 radical (unpaired) electrons. The fourth-order valence-corrected chi connectivity index (χ4v) is 4.84. The van der Waals surface area contributed by atoms with Gasteiger partial charge in [-0.1, -0.05) is 6.07 Å². The summed E-state index contributed by atoms with van der Waals surface area (Å²) in [7, 11) is 0. The first kappa shape index (κ1) is 23.3. The number of piperidine rings is 1. The van der Waals surface area contributed by atoms with E-state index in [1.165, 1.54) is 17.8 Å². The molecule has 1 fully saturated rings. The number of fused-ring (bicyclic) bond motifs is 1. The van der Waals surface area contributed by atoms with Crippen molar-refractivity contribution < 1.29 is 9.59 Å². The Bertz CT molecular complexity index is 1620. The maximum atomic E-state index is 12.7. The van der Waals surface area contributed by atoms with Crippen LogP contribution in [0, 0.1) is 0 Å². The first-order chi connectivity index (χ1) is 18.5. The number of hydrogen-bond donors (Lipinski definition) is 2. The third-order valence-electron chi connectivity index (χ3n) is 6.75. The van der Waals surface area contributed by atoms with Crippen molar-refractivity contribution in [1.82, 2.24) is 49.6 Å². The Labute approximate surface area is 216 Å². The van der Waals surface area contributed by atoms with E-state index in [1.807, 2.05) is 12.1 Å². The van der Waals surface area contributed by atoms with Crippen LogP contribution >= 0.6 is 0 Å². The van der Waals surface area contributed by atoms with Crippen LogP contribution in [0.3, 0.4) is 0 Å². The highest BCUT2D eigenvalue weighted by Crippen LogP contribution is 2.35. The summed E-state index contributed by atoms with van der Waals surface area (Å²) >= 11 is 0. The van der Waals surface area contributed by atoms with Crippen molar-refractivity contribution in [2.24, 2.45) is 0 Å². The van der Waals surface area contributed by atoms with Crippen LogP contribution in [0.4, 0.5) is 5.82 Å². The van der Waals surface area contributed by atoms with Gasteiger partial charge in [0, 0.05) is 48.7 Å². The lowest BCUT2D eigenvalue weighted by atomic mass is 9.89. The van der Waals surface area contributed by atoms with Crippen LogP contribution in [0.2, 0.25) is 0 Å². The van der Waals surface area contributed by atoms with Gasteiger partial charge in [-0.15, -0.1) is 10.2 Å². The zero-order valence-corrected chi connectivity index (χ0v) is 20.4. The average molecular weight is 510 g/mol. The van der Waals surface area contributed by atoms with E-state index >= 15 is 0 Å². The maximum absolute atomic E-state index is 12.7. The van der Waals surface area contributed by atoms with E-state index in [4.69, 9.17) is 10.7 Å². The number of hydrogen-bond acceptors (Lipinski definition) is 10. The highest BCUT2D eigenvalue weighted by atomic mass is 16.2. The number of likely N-dealkylation sites (tertiary alicyclic amines) is 1. The molecule has 13 heteroatoms. The van der Waals surface area contributed by atoms with Gasteiger partial charge in [0.1, 0.15) is 17.8 Å². The van der Waals surface area contributed by atoms with Crippen molar-refractivity contribution in [1.29, 1.82) is 0 Å². The number of nitrogen functional groups attached to an aromatic ring is 1. The standard InChI is InChI=1S/C25H23N11O2/c1-14(37)20-21(15-4-8-35(9-5-15)25(38)23-30-13-31-34-23)33-24-17(11-32-36(24)22(20)26)16-2-3-18(29-10-16)19-12-27-6-7-28-19/h2-3,6-7,10-13,15H,4-5,8-9,26H2,1H3,(H,30,31,34). The molecule has 5 aromatic heterocycles. The van der Waals surface area contributed by atoms with Gasteiger partial charge >= 0.3 is 0 Å². The lowest BCUT2D eigenvalue weighted by Gasteiger charge is -2.32. The van der Waals surface area contributed by atoms with Gasteiger partial charge in [0.2, 0.25) is 5.82 Å². The molecule has 0 spiro atoms. The van der Waals surface area contributed by atoms with Gasteiger partial charge in [-0.3, -0.25) is 24.5 Å². The number of nitrogens with one attached hydrogen (secondary N) is 1. The Morgan fingerprint density at radius 2 is 1.89 bits per heavy atom. The van der Waals surface area contributed by atoms with Gasteiger partial charge in [-0.05, 0) is 25.8 Å². The Balaban J connectivity index is 1.34. The maximum Gasteiger partial charge on any atom is 0.291 e. The number of ketones is 1. The number of Topliss-reactive ketones (excluding diaryl/α,β-unsaturated/α-hetero) is 1. The highest BCUT2D eigenvalue weighted by molar-refractivity contribution is 6.00. The summed E-state index contributed by atoms with van der Waals surface area (Å²) in [5, 5.41) is 11.9. The molecule has 1 aliphatic rings. The normalized spacial score (nSPS) is 14.2. The van der Waals surface area contributed by atoms with Crippen LogP contribution < -0.4 is 5.73 Å². The van der Waals surface area contributed by atoms with Crippen LogP contribution in [0.15, 0.2) is 49.4 Å². The number of nitrogens with two attached hydrogens (primary N) is 1. The van der Waals surface area contributed by atoms with Crippen molar-refractivity contribution in [3.63, 3.8) is 0 Å². The molecule has 0 aliphatic carbocycles. The topological polar surface area (TPSA) is 174 Å². The second-order valence-electron chi connectivity index (χ2n) is 9.03. The second-order valence-corrected chi connectivity index (χ2v) is 9.03. The van der Waals surface area contributed by atoms with Crippen molar-refractivity contribution in [3.8, 4) is 22.5 Å². The van der Waals surface area contributed by atoms with Gasteiger partial charge < -0.3 is 15.6 Å². The molecule has 3 N–H and O–H groups in total. The largest absolute Gasteiger partial charge is 0.383 e. The van der Waals surface area contributed by atoms with Gasteiger partial charge in [-0.2, -0.15) is 9.61 Å². The molecule has 190 valence electrons. The molecule has 0 bridgehead atoms. The molecule has 0 atom stereocenters. The molecule has 6 heterocycles. The fourth-order valence-electron chi connectivity index (χ4n) is 4.84. The molecule has 6 rings (SSSR count). The summed E-state index contributed by atoms with van der Waals surface area (Å²) in [6.07, 6.45) is 10.9. The van der Waals surface area contributed by atoms with E-state index in [0.717, 1.165) is 11.1 Å². The van der Waals surface area contributed by atoms with Crippen LogP contribution in [0.5, 0.6) is 0 Å². The number of carbonyl (C=O) groups is 2. The number of anilines is 1. The van der Waals surface area contributed by atoms with Gasteiger partial charge in [-0.25, -0.2) is 4.98 Å². The van der Waals surface area contributed by atoms with Crippen molar-refractivity contribution in [2.75, 3.05) is 18.8 Å². The molecule has 38 heavy (non-hydrogen) atoms. The number of H-pyrrole nitrogens is 1. The first-order valence-corrected chi connectivity index (χ1v) is 12.1. The summed E-state index contributed by atoms with van der Waals surface area (Å²) in [5.74, 6) is 0.0118. The number of amides is 1. The van der Waals surface area contributed by atoms with E-state index in [9.17, 15) is 9.59 Å². The van der Waals surface area contributed by atoms with Crippen molar-refractivity contribution in [2.45, 2.75) is 25.7 Å². The van der Waals surface area contributed by atoms with Gasteiger partial charge in [0.25, 0.3) is 5.91 Å². The van der Waals surface area contributed by atoms with Gasteiger partial charge in [0.05, 0.1) is 29.3 Å². The predicted molar refractivity (Wildman–Crippen MR) is 136 cm³/mol. The minimum absolute atomic E-state index is 0.0557. The van der Waals surface area contributed by atoms with Crippen molar-refractivity contribution >= 4 is 23.2 Å². The Hall–Kier alpha value is -5.07. The second kappa shape index (κ2) is 9.42. The molecular formula is C25H23N11O2. The van der Waals surface area contributed by atoms with Crippen LogP contribution in [0.1, 0.15) is 52.4 Å². The molecule has 1 amide bonds. The van der Waals surface area contributed by atoms with E-state index < -0.39 is 0 Å². The average Bonchev–Trinajstić information content (AvgIpc) is 3.64. The monoisotopic (exact) mass is 509 g/mol. The fraction of sp³-hybridized carbons (Fsp3) is 0.240. The number of nitrogens with zero attached hydrogens (tertiary/aromatic N) is 9. The van der Waals surface area contributed by atoms with Crippen molar-refractivity contribution in [3.05, 3.63) is 66.5 Å². The summed E-state index contributed by atoms with van der Waals surface area (Å²) in [6.45, 7) is 2.47. The first-order valence-electron chi connectivity index (χ1n) is 12.1. The van der Waals surface area contributed by atoms with E-state index in [0.29, 0.717) is 54.2 Å². The van der Waals surface area contributed by atoms with E-state index in [2.05, 4.69) is 35.2 Å². The molecule has 1 aliphatic heterocycles. The number of aromatic nitrogens is 9. The summed E-state index contributed by atoms with van der Waals surface area (Å²) in [6, 6.07) is 3.77. The Kier molecular flexibility index (Phi) is 5.79. The lowest BCUT2D eigenvalue weighted by Crippen LogP contribution is -2.39. The third kappa shape index (κ3) is 4.03. The summed E-state index contributed by atoms with van der Waals surface area (Å²) < 4.78 is 1.49. The van der Waals surface area contributed by atoms with Gasteiger partial charge in [0.15, 0.2) is 11.4 Å². The SMILES string of the molecule is CC(=O)c1c(C2CCN(C(=O)c3nnc[nH]3)CC2)nc2c(-c3ccc(-c4cnccn4)nc3)cnn2c1N. The summed E-state index contributed by atoms with van der Waals surface area (Å²) in [4.78, 5) is 47.7. The smallest absolute Gasteiger partial charge is 0.291 e. The number of rotatable bonds is 5. The van der Waals surface area contributed by atoms with E-state index in [1.54, 1.807) is 35.9 Å². The summed E-state index contributed by atoms with van der Waals surface area (Å²) in [5.41, 5.74) is 10.9. The number of pyridine rings is 1. The van der Waals surface area contributed by atoms with Crippen LogP contribution in [-0.4, -0.2) is 74.4 Å². The minimum Gasteiger partial charge on any atom is -0.383 e. The highest BCUT2D eigenvalue weighted by Gasteiger charge is 2.31. The number of carbonyl (C=O) groups excluding carboxylic acids is 2. The molecule has 1 saturated heterocycles. The van der Waals surface area contributed by atoms with Crippen LogP contribution in [0.25, 0.3) is 28.2 Å². The molecule has 0 unspecified atom stereocenters.